The van der Waals surface area contributed by atoms with Crippen molar-refractivity contribution in [1.29, 1.82) is 0 Å². The fourth-order valence-corrected chi connectivity index (χ4v) is 2.14. The number of carboxylic acids is 1. The Morgan fingerprint density at radius 3 is 2.74 bits per heavy atom. The zero-order chi connectivity index (χ0) is 17.2. The minimum Gasteiger partial charge on any atom is -0.480 e. The number of fused-ring (bicyclic) bond motifs is 1. The molecule has 0 aliphatic heterocycles. The number of rotatable bonds is 4. The Labute approximate surface area is 137 Å². The monoisotopic (exact) mass is 340 g/mol. The maximum atomic E-state index is 11.8. The molecule has 0 saturated heterocycles. The molecule has 0 bridgehead atoms. The van der Waals surface area contributed by atoms with Gasteiger partial charge in [-0.3, -0.25) is 0 Å². The van der Waals surface area contributed by atoms with Crippen LogP contribution < -0.4 is 5.32 Å². The van der Waals surface area contributed by atoms with Gasteiger partial charge in [-0.25, -0.2) is 19.6 Å². The quantitative estimate of drug-likeness (QED) is 0.825. The van der Waals surface area contributed by atoms with Crippen LogP contribution in [0.3, 0.4) is 0 Å². The lowest BCUT2D eigenvalue weighted by Crippen LogP contribution is -2.45. The maximum absolute atomic E-state index is 11.8. The molecular formula is C14H17ClN4O4. The predicted octanol–water partition coefficient (Wildman–Crippen LogP) is 2.06. The first kappa shape index (κ1) is 17.0. The molecule has 0 radical (unpaired) electrons. The SMILES string of the molecule is CC(C)(C)OC(=O)N[C@@H](Cn1ccc2c(Cl)ncnc21)C(=O)O. The fraction of sp³-hybridized carbons (Fsp3) is 0.429. The number of alkyl carbamates (subject to hydrolysis) is 1. The van der Waals surface area contributed by atoms with Crippen molar-refractivity contribution in [3.63, 3.8) is 0 Å². The Hall–Kier alpha value is -2.35. The lowest BCUT2D eigenvalue weighted by molar-refractivity contribution is -0.139. The summed E-state index contributed by atoms with van der Waals surface area (Å²) in [6.07, 6.45) is 2.13. The summed E-state index contributed by atoms with van der Waals surface area (Å²) in [5.74, 6) is -1.18. The Bertz CT molecular complexity index is 738. The van der Waals surface area contributed by atoms with Crippen molar-refractivity contribution in [2.75, 3.05) is 0 Å². The molecule has 2 rings (SSSR count). The third-order valence-electron chi connectivity index (χ3n) is 2.88. The molecule has 0 spiro atoms. The highest BCUT2D eigenvalue weighted by molar-refractivity contribution is 6.33. The van der Waals surface area contributed by atoms with E-state index in [-0.39, 0.29) is 11.7 Å². The van der Waals surface area contributed by atoms with E-state index in [0.717, 1.165) is 0 Å². The van der Waals surface area contributed by atoms with Gasteiger partial charge in [0.25, 0.3) is 0 Å². The molecule has 1 atom stereocenters. The number of nitrogens with one attached hydrogen (secondary N) is 1. The lowest BCUT2D eigenvalue weighted by atomic mass is 10.2. The van der Waals surface area contributed by atoms with Gasteiger partial charge in [-0.2, -0.15) is 0 Å². The summed E-state index contributed by atoms with van der Waals surface area (Å²) < 4.78 is 6.66. The molecule has 124 valence electrons. The van der Waals surface area contributed by atoms with E-state index in [1.807, 2.05) is 0 Å². The van der Waals surface area contributed by atoms with Crippen molar-refractivity contribution in [2.24, 2.45) is 0 Å². The van der Waals surface area contributed by atoms with Crippen LogP contribution in [0.2, 0.25) is 5.15 Å². The average Bonchev–Trinajstić information content (AvgIpc) is 2.80. The second-order valence-electron chi connectivity index (χ2n) is 5.91. The van der Waals surface area contributed by atoms with Gasteiger partial charge >= 0.3 is 12.1 Å². The first-order valence-electron chi connectivity index (χ1n) is 6.85. The first-order valence-corrected chi connectivity index (χ1v) is 7.23. The molecule has 1 amide bonds. The number of amides is 1. The van der Waals surface area contributed by atoms with Crippen LogP contribution in [-0.2, 0) is 16.1 Å². The molecule has 9 heteroatoms. The molecule has 0 fully saturated rings. The molecule has 2 N–H and O–H groups in total. The van der Waals surface area contributed by atoms with E-state index in [2.05, 4.69) is 15.3 Å². The van der Waals surface area contributed by atoms with Crippen molar-refractivity contribution in [2.45, 2.75) is 39.0 Å². The summed E-state index contributed by atoms with van der Waals surface area (Å²) in [7, 11) is 0. The number of carbonyl (C=O) groups excluding carboxylic acids is 1. The number of nitrogens with zero attached hydrogens (tertiary/aromatic N) is 3. The van der Waals surface area contributed by atoms with Crippen LogP contribution in [0.4, 0.5) is 4.79 Å². The Morgan fingerprint density at radius 1 is 1.43 bits per heavy atom. The second kappa shape index (κ2) is 6.41. The topological polar surface area (TPSA) is 106 Å². The van der Waals surface area contributed by atoms with Crippen LogP contribution in [0.25, 0.3) is 11.0 Å². The van der Waals surface area contributed by atoms with Gasteiger partial charge in [0.2, 0.25) is 0 Å². The van der Waals surface area contributed by atoms with Gasteiger partial charge in [0, 0.05) is 6.20 Å². The molecule has 0 saturated carbocycles. The van der Waals surface area contributed by atoms with Gasteiger partial charge in [0.05, 0.1) is 11.9 Å². The van der Waals surface area contributed by atoms with Gasteiger partial charge in [-0.05, 0) is 26.8 Å². The van der Waals surface area contributed by atoms with Crippen LogP contribution in [-0.4, -0.2) is 43.3 Å². The summed E-state index contributed by atoms with van der Waals surface area (Å²) in [5, 5.41) is 12.5. The molecule has 8 nitrogen and oxygen atoms in total. The van der Waals surface area contributed by atoms with E-state index in [1.54, 1.807) is 37.6 Å². The number of aromatic nitrogens is 3. The van der Waals surface area contributed by atoms with Crippen molar-refractivity contribution in [1.82, 2.24) is 19.9 Å². The van der Waals surface area contributed by atoms with Crippen LogP contribution >= 0.6 is 11.6 Å². The Kier molecular flexibility index (Phi) is 4.74. The largest absolute Gasteiger partial charge is 0.480 e. The van der Waals surface area contributed by atoms with Gasteiger partial charge < -0.3 is 19.7 Å². The number of carboxylic acid groups (broad SMARTS) is 1. The molecule has 0 aliphatic rings. The molecule has 2 aromatic heterocycles. The van der Waals surface area contributed by atoms with Gasteiger partial charge in [-0.15, -0.1) is 0 Å². The number of hydrogen-bond acceptors (Lipinski definition) is 5. The Morgan fingerprint density at radius 2 is 2.13 bits per heavy atom. The van der Waals surface area contributed by atoms with Crippen LogP contribution in [0.5, 0.6) is 0 Å². The van der Waals surface area contributed by atoms with Crippen molar-refractivity contribution in [3.8, 4) is 0 Å². The smallest absolute Gasteiger partial charge is 0.408 e. The summed E-state index contributed by atoms with van der Waals surface area (Å²) in [6.45, 7) is 5.06. The van der Waals surface area contributed by atoms with E-state index in [4.69, 9.17) is 16.3 Å². The molecule has 23 heavy (non-hydrogen) atoms. The molecule has 0 aromatic carbocycles. The molecule has 2 heterocycles. The van der Waals surface area contributed by atoms with Crippen molar-refractivity contribution >= 4 is 34.7 Å². The highest BCUT2D eigenvalue weighted by atomic mass is 35.5. The lowest BCUT2D eigenvalue weighted by Gasteiger charge is -2.22. The average molecular weight is 341 g/mol. The Balaban J connectivity index is 2.17. The zero-order valence-corrected chi connectivity index (χ0v) is 13.7. The number of ether oxygens (including phenoxy) is 1. The van der Waals surface area contributed by atoms with Crippen LogP contribution in [0, 0.1) is 0 Å². The minimum atomic E-state index is -1.18. The molecular weight excluding hydrogens is 324 g/mol. The van der Waals surface area contributed by atoms with Gasteiger partial charge in [0.1, 0.15) is 28.8 Å². The van der Waals surface area contributed by atoms with E-state index < -0.39 is 23.7 Å². The second-order valence-corrected chi connectivity index (χ2v) is 6.26. The number of aliphatic carboxylic acids is 1. The predicted molar refractivity (Wildman–Crippen MR) is 83.3 cm³/mol. The van der Waals surface area contributed by atoms with Gasteiger partial charge in [-0.1, -0.05) is 11.6 Å². The number of hydrogen-bond donors (Lipinski definition) is 2. The number of carbonyl (C=O) groups is 2. The van der Waals surface area contributed by atoms with Crippen molar-refractivity contribution in [3.05, 3.63) is 23.7 Å². The van der Waals surface area contributed by atoms with Gasteiger partial charge in [0.15, 0.2) is 0 Å². The summed E-state index contributed by atoms with van der Waals surface area (Å²) in [6, 6.07) is 0.513. The third kappa shape index (κ3) is 4.32. The summed E-state index contributed by atoms with van der Waals surface area (Å²) >= 11 is 5.96. The standard InChI is InChI=1S/C14H17ClN4O4/c1-14(2,3)23-13(22)18-9(12(20)21)6-19-5-4-8-10(15)16-7-17-11(8)19/h4-5,7,9H,6H2,1-3H3,(H,18,22)(H,20,21)/t9-/m0/s1. The van der Waals surface area contributed by atoms with E-state index in [9.17, 15) is 14.7 Å². The molecule has 0 aliphatic carbocycles. The summed E-state index contributed by atoms with van der Waals surface area (Å²) in [4.78, 5) is 31.1. The van der Waals surface area contributed by atoms with Crippen molar-refractivity contribution < 1.29 is 19.4 Å². The molecule has 2 aromatic rings. The fourth-order valence-electron chi connectivity index (χ4n) is 1.95. The maximum Gasteiger partial charge on any atom is 0.408 e. The zero-order valence-electron chi connectivity index (χ0n) is 12.9. The van der Waals surface area contributed by atoms with Crippen LogP contribution in [0.15, 0.2) is 18.6 Å². The minimum absolute atomic E-state index is 0.0224. The van der Waals surface area contributed by atoms with E-state index >= 15 is 0 Å². The van der Waals surface area contributed by atoms with Crippen LogP contribution in [0.1, 0.15) is 20.8 Å². The highest BCUT2D eigenvalue weighted by Crippen LogP contribution is 2.20. The number of halogens is 1. The third-order valence-corrected chi connectivity index (χ3v) is 3.18. The van der Waals surface area contributed by atoms with E-state index in [1.165, 1.54) is 6.33 Å². The first-order chi connectivity index (χ1) is 10.7. The van der Waals surface area contributed by atoms with E-state index in [0.29, 0.717) is 11.0 Å². The normalized spacial score (nSPS) is 12.9. The highest BCUT2D eigenvalue weighted by Gasteiger charge is 2.25. The summed E-state index contributed by atoms with van der Waals surface area (Å²) in [5.41, 5.74) is -0.226. The molecule has 0 unspecified atom stereocenters.